The summed E-state index contributed by atoms with van der Waals surface area (Å²) in [6.45, 7) is 0.538. The average Bonchev–Trinajstić information content (AvgIpc) is 3.00. The van der Waals surface area contributed by atoms with Crippen molar-refractivity contribution < 1.29 is 31.1 Å². The summed E-state index contributed by atoms with van der Waals surface area (Å²) in [6, 6.07) is 4.10. The molecule has 26 heavy (non-hydrogen) atoms. The third kappa shape index (κ3) is 3.35. The molecular formula is C17H18F6N2O. The number of benzene rings is 1. The molecule has 1 N–H and O–H groups in total. The zero-order valence-corrected chi connectivity index (χ0v) is 13.8. The van der Waals surface area contributed by atoms with Crippen LogP contribution in [0.4, 0.5) is 32.0 Å². The van der Waals surface area contributed by atoms with E-state index < -0.39 is 35.3 Å². The summed E-state index contributed by atoms with van der Waals surface area (Å²) in [5, 5.41) is 2.46. The van der Waals surface area contributed by atoms with Crippen LogP contribution in [0.1, 0.15) is 31.2 Å². The van der Waals surface area contributed by atoms with E-state index in [0.29, 0.717) is 18.5 Å². The van der Waals surface area contributed by atoms with Crippen LogP contribution in [0.25, 0.3) is 0 Å². The molecule has 0 unspecified atom stereocenters. The van der Waals surface area contributed by atoms with Gasteiger partial charge in [0.2, 0.25) is 5.91 Å². The van der Waals surface area contributed by atoms with Crippen LogP contribution < -0.4 is 10.2 Å². The van der Waals surface area contributed by atoms with Crippen LogP contribution >= 0.6 is 0 Å². The number of carbonyl (C=O) groups is 1. The first kappa shape index (κ1) is 18.8. The summed E-state index contributed by atoms with van der Waals surface area (Å²) in [6.07, 6.45) is -8.65. The Morgan fingerprint density at radius 2 is 1.54 bits per heavy atom. The van der Waals surface area contributed by atoms with Crippen molar-refractivity contribution >= 4 is 11.6 Å². The summed E-state index contributed by atoms with van der Waals surface area (Å²) in [7, 11) is 0. The number of amides is 1. The van der Waals surface area contributed by atoms with Gasteiger partial charge in [-0.15, -0.1) is 0 Å². The van der Waals surface area contributed by atoms with E-state index >= 15 is 0 Å². The number of hydrogen-bond acceptors (Lipinski definition) is 2. The molecule has 1 aliphatic heterocycles. The van der Waals surface area contributed by atoms with Crippen LogP contribution in [0.2, 0.25) is 0 Å². The molecular weight excluding hydrogens is 362 g/mol. The highest BCUT2D eigenvalue weighted by molar-refractivity contribution is 5.84. The molecule has 0 spiro atoms. The lowest BCUT2D eigenvalue weighted by Crippen LogP contribution is -2.63. The summed E-state index contributed by atoms with van der Waals surface area (Å²) in [5.74, 6) is -0.987. The molecule has 0 atom stereocenters. The van der Waals surface area contributed by atoms with E-state index in [-0.39, 0.29) is 25.9 Å². The van der Waals surface area contributed by atoms with E-state index in [2.05, 4.69) is 5.32 Å². The van der Waals surface area contributed by atoms with Crippen LogP contribution in [0, 0.1) is 5.41 Å². The molecule has 2 aliphatic rings. The Kier molecular flexibility index (Phi) is 4.60. The Hall–Kier alpha value is -1.93. The molecule has 2 fully saturated rings. The van der Waals surface area contributed by atoms with Crippen LogP contribution in [0.15, 0.2) is 24.3 Å². The lowest BCUT2D eigenvalue weighted by atomic mass is 9.83. The van der Waals surface area contributed by atoms with Gasteiger partial charge in [0.25, 0.3) is 0 Å². The number of nitrogens with zero attached hydrogens (tertiary/aromatic N) is 1. The lowest BCUT2D eigenvalue weighted by molar-refractivity contribution is -0.220. The van der Waals surface area contributed by atoms with Gasteiger partial charge in [0.1, 0.15) is 5.41 Å². The van der Waals surface area contributed by atoms with E-state index in [1.165, 1.54) is 12.1 Å². The topological polar surface area (TPSA) is 32.3 Å². The van der Waals surface area contributed by atoms with Crippen molar-refractivity contribution in [3.05, 3.63) is 29.8 Å². The quantitative estimate of drug-likeness (QED) is 0.800. The molecule has 9 heteroatoms. The average molecular weight is 380 g/mol. The summed E-state index contributed by atoms with van der Waals surface area (Å²) in [5.41, 5.74) is -2.53. The second-order valence-corrected chi connectivity index (χ2v) is 6.91. The molecule has 0 radical (unpaired) electrons. The Morgan fingerprint density at radius 1 is 1.00 bits per heavy atom. The normalized spacial score (nSPS) is 20.8. The van der Waals surface area contributed by atoms with E-state index in [1.54, 1.807) is 4.90 Å². The van der Waals surface area contributed by atoms with Crippen molar-refractivity contribution in [2.75, 3.05) is 18.0 Å². The maximum atomic E-state index is 13.4. The maximum absolute atomic E-state index is 13.4. The minimum Gasteiger partial charge on any atom is -0.367 e. The minimum atomic E-state index is -4.58. The van der Waals surface area contributed by atoms with Crippen LogP contribution in [-0.2, 0) is 11.0 Å². The predicted molar refractivity (Wildman–Crippen MR) is 82.5 cm³/mol. The van der Waals surface area contributed by atoms with Crippen molar-refractivity contribution in [3.8, 4) is 0 Å². The lowest BCUT2D eigenvalue weighted by Gasteiger charge is -2.43. The van der Waals surface area contributed by atoms with Gasteiger partial charge < -0.3 is 10.2 Å². The van der Waals surface area contributed by atoms with Crippen molar-refractivity contribution in [2.45, 2.75) is 44.1 Å². The second-order valence-electron chi connectivity index (χ2n) is 6.91. The van der Waals surface area contributed by atoms with Gasteiger partial charge in [0, 0.05) is 18.8 Å². The van der Waals surface area contributed by atoms with Gasteiger partial charge in [-0.3, -0.25) is 4.79 Å². The van der Waals surface area contributed by atoms with Crippen LogP contribution in [-0.4, -0.2) is 31.2 Å². The van der Waals surface area contributed by atoms with E-state index in [9.17, 15) is 31.1 Å². The van der Waals surface area contributed by atoms with Gasteiger partial charge in [-0.05, 0) is 37.1 Å². The Bertz CT molecular complexity index is 655. The van der Waals surface area contributed by atoms with Gasteiger partial charge in [-0.2, -0.15) is 26.3 Å². The molecule has 144 valence electrons. The smallest absolute Gasteiger partial charge is 0.367 e. The van der Waals surface area contributed by atoms with E-state index in [1.807, 2.05) is 0 Å². The van der Waals surface area contributed by atoms with Crippen molar-refractivity contribution in [2.24, 2.45) is 5.41 Å². The number of hydrogen-bond donors (Lipinski definition) is 1. The SMILES string of the molecule is O=C(NC1CN(c2ccc(C(F)(F)F)cc2)C1)C1(C(F)(F)F)CCCC1. The summed E-state index contributed by atoms with van der Waals surface area (Å²) in [4.78, 5) is 13.9. The molecule has 1 aromatic rings. The van der Waals surface area contributed by atoms with Crippen LogP contribution in [0.5, 0.6) is 0 Å². The molecule has 0 bridgehead atoms. The largest absolute Gasteiger partial charge is 0.416 e. The fourth-order valence-electron chi connectivity index (χ4n) is 3.58. The molecule has 1 saturated heterocycles. The Labute approximate surface area is 146 Å². The Morgan fingerprint density at radius 3 is 2.00 bits per heavy atom. The summed E-state index contributed by atoms with van der Waals surface area (Å²) >= 11 is 0. The predicted octanol–water partition coefficient (Wildman–Crippen LogP) is 4.13. The second kappa shape index (κ2) is 6.35. The number of alkyl halides is 6. The summed E-state index contributed by atoms with van der Waals surface area (Å²) < 4.78 is 77.7. The molecule has 3 rings (SSSR count). The number of carbonyl (C=O) groups excluding carboxylic acids is 1. The highest BCUT2D eigenvalue weighted by Crippen LogP contribution is 2.50. The van der Waals surface area contributed by atoms with Gasteiger partial charge >= 0.3 is 12.4 Å². The first-order chi connectivity index (χ1) is 12.0. The van der Waals surface area contributed by atoms with Gasteiger partial charge in [0.15, 0.2) is 0 Å². The fraction of sp³-hybridized carbons (Fsp3) is 0.588. The third-order valence-corrected chi connectivity index (χ3v) is 5.21. The minimum absolute atomic E-state index is 0.197. The molecule has 0 aromatic heterocycles. The van der Waals surface area contributed by atoms with Gasteiger partial charge in [-0.25, -0.2) is 0 Å². The number of rotatable bonds is 3. The molecule has 1 amide bonds. The Balaban J connectivity index is 1.58. The number of nitrogens with one attached hydrogen (secondary N) is 1. The maximum Gasteiger partial charge on any atom is 0.416 e. The number of anilines is 1. The molecule has 1 heterocycles. The molecule has 3 nitrogen and oxygen atoms in total. The highest BCUT2D eigenvalue weighted by Gasteiger charge is 2.61. The molecule has 1 aliphatic carbocycles. The molecule has 1 aromatic carbocycles. The van der Waals surface area contributed by atoms with Crippen molar-refractivity contribution in [1.82, 2.24) is 5.32 Å². The van der Waals surface area contributed by atoms with Crippen molar-refractivity contribution in [3.63, 3.8) is 0 Å². The number of halogens is 6. The van der Waals surface area contributed by atoms with E-state index in [0.717, 1.165) is 12.1 Å². The monoisotopic (exact) mass is 380 g/mol. The highest BCUT2D eigenvalue weighted by atomic mass is 19.4. The van der Waals surface area contributed by atoms with Gasteiger partial charge in [-0.1, -0.05) is 12.8 Å². The third-order valence-electron chi connectivity index (χ3n) is 5.21. The van der Waals surface area contributed by atoms with Crippen LogP contribution in [0.3, 0.4) is 0 Å². The zero-order valence-electron chi connectivity index (χ0n) is 13.8. The standard InChI is InChI=1S/C17H18F6N2O/c18-16(19,20)11-3-5-13(6-4-11)25-9-12(10-25)24-14(26)15(17(21,22)23)7-1-2-8-15/h3-6,12H,1-2,7-10H2,(H,24,26). The van der Waals surface area contributed by atoms with E-state index in [4.69, 9.17) is 0 Å². The first-order valence-electron chi connectivity index (χ1n) is 8.33. The zero-order chi connectivity index (χ0) is 19.2. The first-order valence-corrected chi connectivity index (χ1v) is 8.33. The van der Waals surface area contributed by atoms with Gasteiger partial charge in [0.05, 0.1) is 11.6 Å². The van der Waals surface area contributed by atoms with Crippen molar-refractivity contribution in [1.29, 1.82) is 0 Å². The molecule has 1 saturated carbocycles. The fourth-order valence-corrected chi connectivity index (χ4v) is 3.58.